The Bertz CT molecular complexity index is 1030. The fraction of sp³-hybridized carbons (Fsp3) is 0.238. The first-order valence-corrected chi connectivity index (χ1v) is 8.99. The quantitative estimate of drug-likeness (QED) is 0.599. The maximum atomic E-state index is 13.2. The zero-order chi connectivity index (χ0) is 21.0. The van der Waals surface area contributed by atoms with E-state index in [2.05, 4.69) is 10.3 Å². The molecule has 0 aliphatic rings. The Morgan fingerprint density at radius 2 is 1.79 bits per heavy atom. The van der Waals surface area contributed by atoms with Crippen LogP contribution in [0.5, 0.6) is 0 Å². The van der Waals surface area contributed by atoms with Crippen molar-refractivity contribution in [2.75, 3.05) is 13.7 Å². The molecule has 3 rings (SSSR count). The van der Waals surface area contributed by atoms with E-state index in [1.807, 2.05) is 31.2 Å². The summed E-state index contributed by atoms with van der Waals surface area (Å²) in [7, 11) is 1.27. The van der Waals surface area contributed by atoms with Crippen LogP contribution in [0.1, 0.15) is 27.3 Å². The van der Waals surface area contributed by atoms with E-state index in [1.165, 1.54) is 28.8 Å². The number of carbonyl (C=O) groups excluding carboxylic acids is 2. The van der Waals surface area contributed by atoms with Gasteiger partial charge in [-0.1, -0.05) is 29.5 Å². The highest BCUT2D eigenvalue weighted by Gasteiger charge is 2.25. The number of hydrogen-bond donors (Lipinski definition) is 0. The van der Waals surface area contributed by atoms with Gasteiger partial charge in [0, 0.05) is 6.54 Å². The molecule has 0 saturated heterocycles. The van der Waals surface area contributed by atoms with Gasteiger partial charge in [-0.3, -0.25) is 9.59 Å². The standard InChI is InChI=1S/C21H21FN4O3/c1-14-6-4-5-7-16(14)12-25(13-19(27)29-3)21(28)20-15(2)26(24-23-20)18-10-8-17(22)9-11-18/h4-11H,12-13H2,1-3H3. The molecule has 0 radical (unpaired) electrons. The lowest BCUT2D eigenvalue weighted by Gasteiger charge is -2.21. The Morgan fingerprint density at radius 1 is 1.10 bits per heavy atom. The average molecular weight is 396 g/mol. The monoisotopic (exact) mass is 396 g/mol. The lowest BCUT2D eigenvalue weighted by Crippen LogP contribution is -2.36. The van der Waals surface area contributed by atoms with Crippen molar-refractivity contribution in [2.45, 2.75) is 20.4 Å². The number of aryl methyl sites for hydroxylation is 1. The second kappa shape index (κ2) is 8.64. The third-order valence-corrected chi connectivity index (χ3v) is 4.63. The first-order chi connectivity index (χ1) is 13.9. The summed E-state index contributed by atoms with van der Waals surface area (Å²) in [5.74, 6) is -1.34. The molecule has 150 valence electrons. The molecule has 3 aromatic rings. The van der Waals surface area contributed by atoms with Gasteiger partial charge in [0.25, 0.3) is 5.91 Å². The number of hydrogen-bond acceptors (Lipinski definition) is 5. The van der Waals surface area contributed by atoms with Gasteiger partial charge in [-0.15, -0.1) is 5.10 Å². The molecule has 0 aliphatic carbocycles. The van der Waals surface area contributed by atoms with E-state index in [0.717, 1.165) is 11.1 Å². The Hall–Kier alpha value is -3.55. The lowest BCUT2D eigenvalue weighted by atomic mass is 10.1. The molecule has 0 unspecified atom stereocenters. The van der Waals surface area contributed by atoms with Gasteiger partial charge < -0.3 is 9.64 Å². The van der Waals surface area contributed by atoms with Crippen molar-refractivity contribution < 1.29 is 18.7 Å². The molecule has 29 heavy (non-hydrogen) atoms. The van der Waals surface area contributed by atoms with Gasteiger partial charge in [-0.05, 0) is 49.2 Å². The third kappa shape index (κ3) is 4.48. The largest absolute Gasteiger partial charge is 0.468 e. The van der Waals surface area contributed by atoms with Crippen LogP contribution in [0.15, 0.2) is 48.5 Å². The van der Waals surface area contributed by atoms with Gasteiger partial charge in [-0.25, -0.2) is 9.07 Å². The summed E-state index contributed by atoms with van der Waals surface area (Å²) in [6.07, 6.45) is 0. The van der Waals surface area contributed by atoms with Crippen LogP contribution in [0.25, 0.3) is 5.69 Å². The number of amides is 1. The summed E-state index contributed by atoms with van der Waals surface area (Å²) in [6.45, 7) is 3.64. The van der Waals surface area contributed by atoms with E-state index in [1.54, 1.807) is 19.1 Å². The van der Waals surface area contributed by atoms with E-state index in [0.29, 0.717) is 11.4 Å². The molecular formula is C21H21FN4O3. The lowest BCUT2D eigenvalue weighted by molar-refractivity contribution is -0.141. The Morgan fingerprint density at radius 3 is 2.45 bits per heavy atom. The van der Waals surface area contributed by atoms with Crippen LogP contribution in [0, 0.1) is 19.7 Å². The Balaban J connectivity index is 1.92. The summed E-state index contributed by atoms with van der Waals surface area (Å²) in [6, 6.07) is 13.3. The summed E-state index contributed by atoms with van der Waals surface area (Å²) in [5, 5.41) is 8.03. The highest BCUT2D eigenvalue weighted by Crippen LogP contribution is 2.17. The fourth-order valence-corrected chi connectivity index (χ4v) is 2.92. The van der Waals surface area contributed by atoms with Crippen LogP contribution < -0.4 is 0 Å². The molecule has 0 fully saturated rings. The molecule has 0 spiro atoms. The van der Waals surface area contributed by atoms with Crippen LogP contribution in [-0.2, 0) is 16.1 Å². The van der Waals surface area contributed by atoms with E-state index in [4.69, 9.17) is 4.74 Å². The zero-order valence-electron chi connectivity index (χ0n) is 16.4. The van der Waals surface area contributed by atoms with Crippen LogP contribution in [0.3, 0.4) is 0 Å². The molecular weight excluding hydrogens is 375 g/mol. The van der Waals surface area contributed by atoms with Gasteiger partial charge >= 0.3 is 5.97 Å². The maximum Gasteiger partial charge on any atom is 0.325 e. The van der Waals surface area contributed by atoms with Gasteiger partial charge in [0.15, 0.2) is 5.69 Å². The molecule has 0 atom stereocenters. The molecule has 0 N–H and O–H groups in total. The number of aromatic nitrogens is 3. The number of nitrogens with zero attached hydrogens (tertiary/aromatic N) is 4. The second-order valence-electron chi connectivity index (χ2n) is 6.58. The number of halogens is 1. The minimum absolute atomic E-state index is 0.117. The average Bonchev–Trinajstić information content (AvgIpc) is 3.10. The number of carbonyl (C=O) groups is 2. The van der Waals surface area contributed by atoms with Gasteiger partial charge in [0.2, 0.25) is 0 Å². The van der Waals surface area contributed by atoms with Gasteiger partial charge in [0.1, 0.15) is 12.4 Å². The van der Waals surface area contributed by atoms with Crippen LogP contribution in [0.4, 0.5) is 4.39 Å². The SMILES string of the molecule is COC(=O)CN(Cc1ccccc1C)C(=O)c1nnn(-c2ccc(F)cc2)c1C. The van der Waals surface area contributed by atoms with Crippen molar-refractivity contribution in [3.8, 4) is 5.69 Å². The zero-order valence-corrected chi connectivity index (χ0v) is 16.4. The summed E-state index contributed by atoms with van der Waals surface area (Å²) in [4.78, 5) is 26.4. The number of esters is 1. The minimum atomic E-state index is -0.532. The molecule has 1 amide bonds. The van der Waals surface area contributed by atoms with E-state index in [9.17, 15) is 14.0 Å². The van der Waals surface area contributed by atoms with E-state index in [-0.39, 0.29) is 24.6 Å². The van der Waals surface area contributed by atoms with Crippen molar-refractivity contribution in [2.24, 2.45) is 0 Å². The number of methoxy groups -OCH3 is 1. The van der Waals surface area contributed by atoms with E-state index < -0.39 is 11.9 Å². The molecule has 0 bridgehead atoms. The van der Waals surface area contributed by atoms with Gasteiger partial charge in [0.05, 0.1) is 18.5 Å². The highest BCUT2D eigenvalue weighted by atomic mass is 19.1. The first kappa shape index (κ1) is 20.2. The molecule has 8 heteroatoms. The predicted molar refractivity (Wildman–Crippen MR) is 104 cm³/mol. The Kier molecular flexibility index (Phi) is 6.01. The summed E-state index contributed by atoms with van der Waals surface area (Å²) >= 11 is 0. The van der Waals surface area contributed by atoms with Crippen molar-refractivity contribution in [1.82, 2.24) is 19.9 Å². The molecule has 0 aliphatic heterocycles. The normalized spacial score (nSPS) is 10.6. The fourth-order valence-electron chi connectivity index (χ4n) is 2.92. The van der Waals surface area contributed by atoms with Crippen molar-refractivity contribution in [3.05, 3.63) is 76.9 Å². The van der Waals surface area contributed by atoms with Crippen LogP contribution in [-0.4, -0.2) is 45.4 Å². The topological polar surface area (TPSA) is 77.3 Å². The predicted octanol–water partition coefficient (Wildman–Crippen LogP) is 2.84. The second-order valence-corrected chi connectivity index (χ2v) is 6.58. The number of benzene rings is 2. The molecule has 1 aromatic heterocycles. The molecule has 2 aromatic carbocycles. The van der Waals surface area contributed by atoms with Gasteiger partial charge in [-0.2, -0.15) is 0 Å². The van der Waals surface area contributed by atoms with Crippen LogP contribution >= 0.6 is 0 Å². The third-order valence-electron chi connectivity index (χ3n) is 4.63. The van der Waals surface area contributed by atoms with Crippen LogP contribution in [0.2, 0.25) is 0 Å². The minimum Gasteiger partial charge on any atom is -0.468 e. The summed E-state index contributed by atoms with van der Waals surface area (Å²) < 4.78 is 19.4. The van der Waals surface area contributed by atoms with Crippen molar-refractivity contribution in [1.29, 1.82) is 0 Å². The molecule has 0 saturated carbocycles. The molecule has 7 nitrogen and oxygen atoms in total. The maximum absolute atomic E-state index is 13.2. The summed E-state index contributed by atoms with van der Waals surface area (Å²) in [5.41, 5.74) is 3.09. The molecule has 1 heterocycles. The number of rotatable bonds is 6. The highest BCUT2D eigenvalue weighted by molar-refractivity contribution is 5.95. The number of ether oxygens (including phenoxy) is 1. The van der Waals surface area contributed by atoms with Crippen molar-refractivity contribution in [3.63, 3.8) is 0 Å². The first-order valence-electron chi connectivity index (χ1n) is 8.99. The van der Waals surface area contributed by atoms with E-state index >= 15 is 0 Å². The Labute approximate surface area is 167 Å². The van der Waals surface area contributed by atoms with Crippen molar-refractivity contribution >= 4 is 11.9 Å². The smallest absolute Gasteiger partial charge is 0.325 e.